The lowest BCUT2D eigenvalue weighted by Gasteiger charge is -2.20. The summed E-state index contributed by atoms with van der Waals surface area (Å²) in [6, 6.07) is 0. The van der Waals surface area contributed by atoms with E-state index in [2.05, 4.69) is 15.0 Å². The van der Waals surface area contributed by atoms with E-state index in [0.717, 1.165) is 17.0 Å². The number of fused-ring (bicyclic) bond motifs is 1. The van der Waals surface area contributed by atoms with E-state index in [1.807, 2.05) is 11.6 Å². The molecule has 0 saturated heterocycles. The summed E-state index contributed by atoms with van der Waals surface area (Å²) in [6.07, 6.45) is 7.97. The van der Waals surface area contributed by atoms with Gasteiger partial charge in [-0.3, -0.25) is 0 Å². The van der Waals surface area contributed by atoms with Crippen LogP contribution < -0.4 is 5.73 Å². The van der Waals surface area contributed by atoms with Crippen LogP contribution in [0.5, 0.6) is 0 Å². The maximum Gasteiger partial charge on any atom is 0.183 e. The molecule has 0 atom stereocenters. The van der Waals surface area contributed by atoms with Gasteiger partial charge in [0.2, 0.25) is 0 Å². The Hall–Kier alpha value is -1.65. The third-order valence-corrected chi connectivity index (χ3v) is 3.59. The number of aromatic nitrogens is 4. The summed E-state index contributed by atoms with van der Waals surface area (Å²) in [4.78, 5) is 13.3. The number of nitrogens with zero attached hydrogens (tertiary/aromatic N) is 4. The lowest BCUT2D eigenvalue weighted by atomic mass is 9.89. The molecule has 0 unspecified atom stereocenters. The van der Waals surface area contributed by atoms with Gasteiger partial charge in [0.05, 0.1) is 6.33 Å². The lowest BCUT2D eigenvalue weighted by Crippen LogP contribution is -2.10. The largest absolute Gasteiger partial charge is 0.382 e. The number of rotatable bonds is 1. The highest BCUT2D eigenvalue weighted by Crippen LogP contribution is 2.31. The Labute approximate surface area is 100 Å². The SMILES string of the molecule is Cn1cnc2nc(C3CCCCC3)nc(N)c21. The predicted molar refractivity (Wildman–Crippen MR) is 66.5 cm³/mol. The summed E-state index contributed by atoms with van der Waals surface area (Å²) in [5.41, 5.74) is 7.56. The van der Waals surface area contributed by atoms with Crippen molar-refractivity contribution in [3.05, 3.63) is 12.2 Å². The quantitative estimate of drug-likeness (QED) is 0.814. The Kier molecular flexibility index (Phi) is 2.46. The molecule has 2 heterocycles. The monoisotopic (exact) mass is 231 g/mol. The van der Waals surface area contributed by atoms with Crippen LogP contribution in [0.3, 0.4) is 0 Å². The number of imidazole rings is 1. The highest BCUT2D eigenvalue weighted by Gasteiger charge is 2.20. The van der Waals surface area contributed by atoms with Crippen LogP contribution in [-0.4, -0.2) is 19.5 Å². The first kappa shape index (κ1) is 10.5. The van der Waals surface area contributed by atoms with E-state index in [-0.39, 0.29) is 0 Å². The summed E-state index contributed by atoms with van der Waals surface area (Å²) in [6.45, 7) is 0. The normalized spacial score (nSPS) is 17.7. The molecule has 17 heavy (non-hydrogen) atoms. The molecule has 2 aromatic rings. The minimum absolute atomic E-state index is 0.470. The zero-order valence-electron chi connectivity index (χ0n) is 10.1. The molecule has 1 aliphatic rings. The molecule has 90 valence electrons. The van der Waals surface area contributed by atoms with Gasteiger partial charge in [-0.25, -0.2) is 15.0 Å². The number of nitrogens with two attached hydrogens (primary N) is 1. The molecule has 2 N–H and O–H groups in total. The smallest absolute Gasteiger partial charge is 0.183 e. The molecule has 3 rings (SSSR count). The molecule has 0 radical (unpaired) electrons. The van der Waals surface area contributed by atoms with Gasteiger partial charge in [0.25, 0.3) is 0 Å². The summed E-state index contributed by atoms with van der Waals surface area (Å²) < 4.78 is 1.87. The van der Waals surface area contributed by atoms with Gasteiger partial charge in [0, 0.05) is 13.0 Å². The van der Waals surface area contributed by atoms with E-state index in [4.69, 9.17) is 5.73 Å². The second-order valence-corrected chi connectivity index (χ2v) is 4.83. The van der Waals surface area contributed by atoms with Gasteiger partial charge in [-0.05, 0) is 12.8 Å². The van der Waals surface area contributed by atoms with Crippen molar-refractivity contribution in [2.24, 2.45) is 7.05 Å². The second-order valence-electron chi connectivity index (χ2n) is 4.83. The van der Waals surface area contributed by atoms with Gasteiger partial charge >= 0.3 is 0 Å². The molecule has 5 nitrogen and oxygen atoms in total. The van der Waals surface area contributed by atoms with Crippen LogP contribution in [0.2, 0.25) is 0 Å². The van der Waals surface area contributed by atoms with Crippen molar-refractivity contribution in [2.45, 2.75) is 38.0 Å². The molecule has 0 amide bonds. The molecule has 0 aromatic carbocycles. The van der Waals surface area contributed by atoms with Crippen LogP contribution in [0.25, 0.3) is 11.2 Å². The molecular weight excluding hydrogens is 214 g/mol. The van der Waals surface area contributed by atoms with E-state index in [0.29, 0.717) is 11.7 Å². The van der Waals surface area contributed by atoms with E-state index >= 15 is 0 Å². The Morgan fingerprint density at radius 2 is 2.00 bits per heavy atom. The third-order valence-electron chi connectivity index (χ3n) is 3.59. The number of hydrogen-bond donors (Lipinski definition) is 1. The molecule has 1 aliphatic carbocycles. The number of nitrogen functional groups attached to an aromatic ring is 1. The van der Waals surface area contributed by atoms with E-state index < -0.39 is 0 Å². The van der Waals surface area contributed by atoms with Crippen LogP contribution >= 0.6 is 0 Å². The van der Waals surface area contributed by atoms with Crippen LogP contribution in [0.1, 0.15) is 43.8 Å². The average molecular weight is 231 g/mol. The first-order valence-corrected chi connectivity index (χ1v) is 6.20. The van der Waals surface area contributed by atoms with Crippen molar-refractivity contribution < 1.29 is 0 Å². The molecule has 1 saturated carbocycles. The molecule has 5 heteroatoms. The van der Waals surface area contributed by atoms with Crippen molar-refractivity contribution in [2.75, 3.05) is 5.73 Å². The first-order chi connectivity index (χ1) is 8.25. The Balaban J connectivity index is 2.05. The number of aryl methyl sites for hydroxylation is 1. The summed E-state index contributed by atoms with van der Waals surface area (Å²) in [7, 11) is 1.91. The molecular formula is C12H17N5. The highest BCUT2D eigenvalue weighted by molar-refractivity contribution is 5.81. The first-order valence-electron chi connectivity index (χ1n) is 6.20. The van der Waals surface area contributed by atoms with Crippen molar-refractivity contribution in [3.8, 4) is 0 Å². The van der Waals surface area contributed by atoms with Crippen molar-refractivity contribution >= 4 is 17.0 Å². The second kappa shape index (κ2) is 3.98. The van der Waals surface area contributed by atoms with Crippen molar-refractivity contribution in [1.82, 2.24) is 19.5 Å². The van der Waals surface area contributed by atoms with Gasteiger partial charge in [-0.1, -0.05) is 19.3 Å². The Bertz CT molecular complexity index is 539. The zero-order chi connectivity index (χ0) is 11.8. The fourth-order valence-corrected chi connectivity index (χ4v) is 2.65. The maximum absolute atomic E-state index is 6.00. The van der Waals surface area contributed by atoms with Crippen molar-refractivity contribution in [3.63, 3.8) is 0 Å². The zero-order valence-corrected chi connectivity index (χ0v) is 10.1. The van der Waals surface area contributed by atoms with Crippen molar-refractivity contribution in [1.29, 1.82) is 0 Å². The fourth-order valence-electron chi connectivity index (χ4n) is 2.65. The van der Waals surface area contributed by atoms with Gasteiger partial charge < -0.3 is 10.3 Å². The minimum atomic E-state index is 0.470. The van der Waals surface area contributed by atoms with Crippen LogP contribution in [0, 0.1) is 0 Å². The van der Waals surface area contributed by atoms with E-state index in [1.165, 1.54) is 32.1 Å². The fraction of sp³-hybridized carbons (Fsp3) is 0.583. The summed E-state index contributed by atoms with van der Waals surface area (Å²) in [5.74, 6) is 1.90. The van der Waals surface area contributed by atoms with Gasteiger partial charge in [0.15, 0.2) is 11.5 Å². The molecule has 0 spiro atoms. The molecule has 2 aromatic heterocycles. The lowest BCUT2D eigenvalue weighted by molar-refractivity contribution is 0.430. The molecule has 0 aliphatic heterocycles. The van der Waals surface area contributed by atoms with Gasteiger partial charge in [-0.2, -0.15) is 0 Å². The Morgan fingerprint density at radius 1 is 1.24 bits per heavy atom. The van der Waals surface area contributed by atoms with Gasteiger partial charge in [0.1, 0.15) is 11.3 Å². The highest BCUT2D eigenvalue weighted by atomic mass is 15.1. The third kappa shape index (κ3) is 1.75. The van der Waals surface area contributed by atoms with Gasteiger partial charge in [-0.15, -0.1) is 0 Å². The predicted octanol–water partition coefficient (Wildman–Crippen LogP) is 1.99. The van der Waals surface area contributed by atoms with E-state index in [1.54, 1.807) is 6.33 Å². The maximum atomic E-state index is 6.00. The molecule has 0 bridgehead atoms. The Morgan fingerprint density at radius 3 is 2.76 bits per heavy atom. The number of anilines is 1. The standard InChI is InChI=1S/C12H17N5/c1-17-7-14-12-9(17)10(13)15-11(16-12)8-5-3-2-4-6-8/h7-8H,2-6H2,1H3,(H2,13,15,16). The summed E-state index contributed by atoms with van der Waals surface area (Å²) >= 11 is 0. The summed E-state index contributed by atoms with van der Waals surface area (Å²) in [5, 5.41) is 0. The van der Waals surface area contributed by atoms with Crippen LogP contribution in [0.15, 0.2) is 6.33 Å². The average Bonchev–Trinajstić information content (AvgIpc) is 2.73. The van der Waals surface area contributed by atoms with Crippen LogP contribution in [0.4, 0.5) is 5.82 Å². The van der Waals surface area contributed by atoms with E-state index in [9.17, 15) is 0 Å². The van der Waals surface area contributed by atoms with Crippen LogP contribution in [-0.2, 0) is 7.05 Å². The topological polar surface area (TPSA) is 69.6 Å². The minimum Gasteiger partial charge on any atom is -0.382 e. The molecule has 1 fully saturated rings. The number of hydrogen-bond acceptors (Lipinski definition) is 4.